The van der Waals surface area contributed by atoms with Crippen molar-refractivity contribution in [1.82, 2.24) is 0 Å². The van der Waals surface area contributed by atoms with Crippen LogP contribution in [0.2, 0.25) is 39.3 Å². The highest BCUT2D eigenvalue weighted by atomic mass is 28.4. The first-order valence-electron chi connectivity index (χ1n) is 12.9. The van der Waals surface area contributed by atoms with Crippen LogP contribution in [0.3, 0.4) is 0 Å². The van der Waals surface area contributed by atoms with E-state index in [0.717, 1.165) is 25.7 Å². The van der Waals surface area contributed by atoms with Crippen molar-refractivity contribution < 1.29 is 18.4 Å². The van der Waals surface area contributed by atoms with Gasteiger partial charge in [0, 0.05) is 18.6 Å². The Balaban J connectivity index is 4.49. The summed E-state index contributed by atoms with van der Waals surface area (Å²) in [5.74, 6) is -0.0869. The van der Waals surface area contributed by atoms with Crippen LogP contribution in [0.4, 0.5) is 0 Å². The lowest BCUT2D eigenvalue weighted by molar-refractivity contribution is -0.140. The second-order valence-electron chi connectivity index (χ2n) is 11.0. The fourth-order valence-electron chi connectivity index (χ4n) is 3.99. The van der Waals surface area contributed by atoms with E-state index in [-0.39, 0.29) is 5.97 Å². The molecule has 0 amide bonds. The van der Waals surface area contributed by atoms with Crippen molar-refractivity contribution in [3.63, 3.8) is 0 Å². The van der Waals surface area contributed by atoms with Gasteiger partial charge in [-0.25, -0.2) is 0 Å². The highest BCUT2D eigenvalue weighted by molar-refractivity contribution is 6.70. The summed E-state index contributed by atoms with van der Waals surface area (Å²) in [5, 5.41) is 0. The molecule has 0 bridgehead atoms. The molecular formula is C25H54O4Si2. The second-order valence-corrected chi connectivity index (χ2v) is 19.9. The van der Waals surface area contributed by atoms with Crippen LogP contribution in [0.5, 0.6) is 0 Å². The van der Waals surface area contributed by atoms with Gasteiger partial charge in [0.15, 0.2) is 16.6 Å². The minimum Gasteiger partial charge on any atom is -0.469 e. The number of carbonyl (C=O) groups is 1. The van der Waals surface area contributed by atoms with Gasteiger partial charge in [-0.2, -0.15) is 0 Å². The van der Waals surface area contributed by atoms with E-state index in [1.165, 1.54) is 64.9 Å². The van der Waals surface area contributed by atoms with E-state index in [2.05, 4.69) is 46.2 Å². The summed E-state index contributed by atoms with van der Waals surface area (Å²) < 4.78 is 17.9. The predicted molar refractivity (Wildman–Crippen MR) is 139 cm³/mol. The van der Waals surface area contributed by atoms with Crippen LogP contribution < -0.4 is 0 Å². The minimum absolute atomic E-state index is 0.0869. The molecule has 31 heavy (non-hydrogen) atoms. The zero-order chi connectivity index (χ0) is 23.8. The van der Waals surface area contributed by atoms with Gasteiger partial charge in [-0.15, -0.1) is 0 Å². The predicted octanol–water partition coefficient (Wildman–Crippen LogP) is 8.08. The lowest BCUT2D eigenvalue weighted by atomic mass is 10.00. The lowest BCUT2D eigenvalue weighted by Crippen LogP contribution is -2.38. The van der Waals surface area contributed by atoms with Gasteiger partial charge in [-0.1, -0.05) is 64.7 Å². The SMILES string of the molecule is CCCCCCC(CC(CCCCCCCCC(=O)OC)O[Si](C)(C)C)O[Si](C)(C)C. The zero-order valence-corrected chi connectivity index (χ0v) is 24.2. The number of rotatable bonds is 20. The molecule has 0 spiro atoms. The molecule has 0 aromatic rings. The molecule has 0 radical (unpaired) electrons. The molecule has 0 heterocycles. The van der Waals surface area contributed by atoms with Gasteiger partial charge < -0.3 is 13.6 Å². The third-order valence-corrected chi connectivity index (χ3v) is 7.41. The lowest BCUT2D eigenvalue weighted by Gasteiger charge is -2.33. The Hall–Kier alpha value is -0.176. The first-order valence-corrected chi connectivity index (χ1v) is 19.7. The fraction of sp³-hybridized carbons (Fsp3) is 0.960. The normalized spacial score (nSPS) is 14.5. The summed E-state index contributed by atoms with van der Waals surface area (Å²) in [5.41, 5.74) is 0. The van der Waals surface area contributed by atoms with Crippen LogP contribution in [0.1, 0.15) is 96.8 Å². The van der Waals surface area contributed by atoms with Crippen molar-refractivity contribution in [3.8, 4) is 0 Å². The molecule has 0 aliphatic heterocycles. The van der Waals surface area contributed by atoms with Crippen molar-refractivity contribution in [3.05, 3.63) is 0 Å². The Bertz CT molecular complexity index is 444. The molecule has 0 rings (SSSR count). The molecule has 0 N–H and O–H groups in total. The van der Waals surface area contributed by atoms with E-state index in [4.69, 9.17) is 13.6 Å². The molecule has 4 nitrogen and oxygen atoms in total. The summed E-state index contributed by atoms with van der Waals surface area (Å²) in [6, 6.07) is 0. The van der Waals surface area contributed by atoms with Crippen molar-refractivity contribution in [1.29, 1.82) is 0 Å². The molecule has 2 atom stereocenters. The Morgan fingerprint density at radius 1 is 0.677 bits per heavy atom. The van der Waals surface area contributed by atoms with E-state index in [0.29, 0.717) is 18.6 Å². The van der Waals surface area contributed by atoms with E-state index < -0.39 is 16.6 Å². The van der Waals surface area contributed by atoms with Gasteiger partial charge in [-0.05, 0) is 65.0 Å². The van der Waals surface area contributed by atoms with Crippen molar-refractivity contribution >= 4 is 22.6 Å². The molecule has 2 unspecified atom stereocenters. The molecular weight excluding hydrogens is 420 g/mol. The van der Waals surface area contributed by atoms with E-state index in [1.54, 1.807) is 0 Å². The number of hydrogen-bond acceptors (Lipinski definition) is 4. The summed E-state index contributed by atoms with van der Waals surface area (Å²) in [6.07, 6.45) is 16.8. The molecule has 0 aromatic carbocycles. The quantitative estimate of drug-likeness (QED) is 0.102. The van der Waals surface area contributed by atoms with Crippen LogP contribution in [-0.4, -0.2) is 41.9 Å². The summed E-state index contributed by atoms with van der Waals surface area (Å²) in [4.78, 5) is 11.2. The van der Waals surface area contributed by atoms with Gasteiger partial charge in [0.1, 0.15) is 0 Å². The van der Waals surface area contributed by atoms with Crippen molar-refractivity contribution in [2.75, 3.05) is 7.11 Å². The Morgan fingerprint density at radius 3 is 1.52 bits per heavy atom. The third kappa shape index (κ3) is 21.4. The number of unbranched alkanes of at least 4 members (excludes halogenated alkanes) is 8. The third-order valence-electron chi connectivity index (χ3n) is 5.33. The van der Waals surface area contributed by atoms with Gasteiger partial charge in [0.2, 0.25) is 0 Å². The van der Waals surface area contributed by atoms with E-state index in [9.17, 15) is 4.79 Å². The number of esters is 1. The maximum atomic E-state index is 11.2. The monoisotopic (exact) mass is 474 g/mol. The standard InChI is InChI=1S/C25H54O4Si2/c1-9-10-11-16-19-23(28-30(3,4)5)22-24(29-31(6,7)8)20-17-14-12-13-15-18-21-25(26)27-2/h23-24H,9-22H2,1-8H3. The summed E-state index contributed by atoms with van der Waals surface area (Å²) in [6.45, 7) is 16.1. The maximum Gasteiger partial charge on any atom is 0.305 e. The molecule has 0 saturated heterocycles. The van der Waals surface area contributed by atoms with Crippen LogP contribution >= 0.6 is 0 Å². The first kappa shape index (κ1) is 30.8. The molecule has 0 aromatic heterocycles. The van der Waals surface area contributed by atoms with Gasteiger partial charge in [0.25, 0.3) is 0 Å². The Labute approximate surface area is 196 Å². The molecule has 0 saturated carbocycles. The largest absolute Gasteiger partial charge is 0.469 e. The van der Waals surface area contributed by atoms with Crippen LogP contribution in [0.15, 0.2) is 0 Å². The topological polar surface area (TPSA) is 44.8 Å². The van der Waals surface area contributed by atoms with Crippen molar-refractivity contribution in [2.24, 2.45) is 0 Å². The Kier molecular flexibility index (Phi) is 17.2. The number of ether oxygens (including phenoxy) is 1. The minimum atomic E-state index is -1.58. The molecule has 0 aliphatic carbocycles. The fourth-order valence-corrected chi connectivity index (χ4v) is 6.42. The van der Waals surface area contributed by atoms with Crippen LogP contribution in [0, 0.1) is 0 Å². The maximum absolute atomic E-state index is 11.2. The van der Waals surface area contributed by atoms with Gasteiger partial charge >= 0.3 is 5.97 Å². The molecule has 0 aliphatic rings. The van der Waals surface area contributed by atoms with Gasteiger partial charge in [-0.3, -0.25) is 4.79 Å². The average molecular weight is 475 g/mol. The van der Waals surface area contributed by atoms with E-state index in [1.807, 2.05) is 0 Å². The number of carbonyl (C=O) groups excluding carboxylic acids is 1. The van der Waals surface area contributed by atoms with E-state index >= 15 is 0 Å². The van der Waals surface area contributed by atoms with Crippen molar-refractivity contribution in [2.45, 2.75) is 148 Å². The molecule has 186 valence electrons. The molecule has 6 heteroatoms. The summed E-state index contributed by atoms with van der Waals surface area (Å²) in [7, 11) is -1.67. The smallest absolute Gasteiger partial charge is 0.305 e. The number of hydrogen-bond donors (Lipinski definition) is 0. The summed E-state index contributed by atoms with van der Waals surface area (Å²) >= 11 is 0. The van der Waals surface area contributed by atoms with Gasteiger partial charge in [0.05, 0.1) is 7.11 Å². The molecule has 0 fully saturated rings. The highest BCUT2D eigenvalue weighted by Gasteiger charge is 2.27. The van der Waals surface area contributed by atoms with Crippen LogP contribution in [-0.2, 0) is 18.4 Å². The Morgan fingerprint density at radius 2 is 1.10 bits per heavy atom. The highest BCUT2D eigenvalue weighted by Crippen LogP contribution is 2.24. The first-order chi connectivity index (χ1) is 14.5. The van der Waals surface area contributed by atoms with Crippen LogP contribution in [0.25, 0.3) is 0 Å². The number of methoxy groups -OCH3 is 1. The zero-order valence-electron chi connectivity index (χ0n) is 22.2. The average Bonchev–Trinajstić information content (AvgIpc) is 2.64. The second kappa shape index (κ2) is 17.3.